The summed E-state index contributed by atoms with van der Waals surface area (Å²) in [5, 5.41) is 6.70. The summed E-state index contributed by atoms with van der Waals surface area (Å²) >= 11 is 4.96. The first-order valence-electron chi connectivity index (χ1n) is 7.47. The van der Waals surface area contributed by atoms with Crippen molar-refractivity contribution in [1.29, 1.82) is 0 Å². The first-order chi connectivity index (χ1) is 11.5. The monoisotopic (exact) mass is 407 g/mol. The van der Waals surface area contributed by atoms with Crippen molar-refractivity contribution in [3.63, 3.8) is 0 Å². The van der Waals surface area contributed by atoms with Gasteiger partial charge in [0.25, 0.3) is 0 Å². The van der Waals surface area contributed by atoms with Crippen LogP contribution in [0.4, 0.5) is 5.69 Å². The van der Waals surface area contributed by atoms with Gasteiger partial charge in [-0.3, -0.25) is 9.59 Å². The lowest BCUT2D eigenvalue weighted by molar-refractivity contribution is -0.121. The van der Waals surface area contributed by atoms with Crippen LogP contribution < -0.4 is 10.7 Å². The van der Waals surface area contributed by atoms with Crippen LogP contribution in [0.15, 0.2) is 46.0 Å². The Morgan fingerprint density at radius 3 is 2.71 bits per heavy atom. The quantitative estimate of drug-likeness (QED) is 0.536. The van der Waals surface area contributed by atoms with Gasteiger partial charge in [-0.2, -0.15) is 5.10 Å². The lowest BCUT2D eigenvalue weighted by Gasteiger charge is -2.05. The standard InChI is InChI=1S/C17H18BrN3O2S/c1-12-8-9-15(24-12)11-19-21-17(23)7-3-6-16(22)20-14-5-2-4-13(18)10-14/h2,4-5,8-11H,3,6-7H2,1H3,(H,20,22)(H,21,23)/b19-11-. The van der Waals surface area contributed by atoms with Crippen LogP contribution in [0.2, 0.25) is 0 Å². The number of hydrogen-bond acceptors (Lipinski definition) is 4. The molecule has 1 heterocycles. The number of nitrogens with one attached hydrogen (secondary N) is 2. The van der Waals surface area contributed by atoms with Gasteiger partial charge in [0.1, 0.15) is 0 Å². The molecule has 0 saturated carbocycles. The maximum Gasteiger partial charge on any atom is 0.240 e. The van der Waals surface area contributed by atoms with Gasteiger partial charge in [-0.25, -0.2) is 5.43 Å². The number of thiophene rings is 1. The largest absolute Gasteiger partial charge is 0.326 e. The second kappa shape index (κ2) is 9.34. The zero-order valence-corrected chi connectivity index (χ0v) is 15.6. The maximum atomic E-state index is 11.8. The molecule has 1 aromatic heterocycles. The van der Waals surface area contributed by atoms with Gasteiger partial charge in [-0.15, -0.1) is 11.3 Å². The number of carbonyl (C=O) groups is 2. The molecule has 0 spiro atoms. The molecule has 0 aliphatic heterocycles. The first-order valence-corrected chi connectivity index (χ1v) is 9.07. The molecule has 0 atom stereocenters. The van der Waals surface area contributed by atoms with E-state index in [9.17, 15) is 9.59 Å². The summed E-state index contributed by atoms with van der Waals surface area (Å²) in [7, 11) is 0. The topological polar surface area (TPSA) is 70.6 Å². The van der Waals surface area contributed by atoms with Crippen molar-refractivity contribution in [2.24, 2.45) is 5.10 Å². The number of aryl methyl sites for hydroxylation is 1. The molecule has 1 aromatic carbocycles. The Hall–Kier alpha value is -1.99. The second-order valence-electron chi connectivity index (χ2n) is 5.15. The lowest BCUT2D eigenvalue weighted by atomic mass is 10.2. The average Bonchev–Trinajstić information content (AvgIpc) is 2.93. The van der Waals surface area contributed by atoms with Crippen molar-refractivity contribution in [2.45, 2.75) is 26.2 Å². The van der Waals surface area contributed by atoms with Crippen molar-refractivity contribution in [2.75, 3.05) is 5.32 Å². The van der Waals surface area contributed by atoms with Crippen molar-refractivity contribution in [3.05, 3.63) is 50.6 Å². The Balaban J connectivity index is 1.65. The van der Waals surface area contributed by atoms with Gasteiger partial charge >= 0.3 is 0 Å². The summed E-state index contributed by atoms with van der Waals surface area (Å²) in [6.07, 6.45) is 2.63. The number of amides is 2. The summed E-state index contributed by atoms with van der Waals surface area (Å²) < 4.78 is 0.901. The van der Waals surface area contributed by atoms with E-state index < -0.39 is 0 Å². The van der Waals surface area contributed by atoms with Crippen molar-refractivity contribution in [1.82, 2.24) is 5.43 Å². The predicted molar refractivity (Wildman–Crippen MR) is 101 cm³/mol. The molecule has 126 valence electrons. The Morgan fingerprint density at radius 1 is 1.21 bits per heavy atom. The van der Waals surface area contributed by atoms with Crippen LogP contribution in [-0.4, -0.2) is 18.0 Å². The van der Waals surface area contributed by atoms with Gasteiger partial charge in [0, 0.05) is 32.8 Å². The van der Waals surface area contributed by atoms with Crippen LogP contribution in [0.1, 0.15) is 29.0 Å². The van der Waals surface area contributed by atoms with Crippen LogP contribution in [0.5, 0.6) is 0 Å². The molecule has 0 unspecified atom stereocenters. The molecule has 2 rings (SSSR count). The minimum Gasteiger partial charge on any atom is -0.326 e. The third kappa shape index (κ3) is 6.64. The van der Waals surface area contributed by atoms with E-state index in [1.54, 1.807) is 17.6 Å². The molecule has 0 fully saturated rings. The van der Waals surface area contributed by atoms with Crippen LogP contribution in [-0.2, 0) is 9.59 Å². The molecular formula is C17H18BrN3O2S. The van der Waals surface area contributed by atoms with E-state index in [4.69, 9.17) is 0 Å². The number of hydrazone groups is 1. The Labute approximate surface area is 153 Å². The predicted octanol–water partition coefficient (Wildman–Crippen LogP) is 4.08. The van der Waals surface area contributed by atoms with Crippen LogP contribution >= 0.6 is 27.3 Å². The van der Waals surface area contributed by atoms with Gasteiger partial charge in [-0.05, 0) is 43.7 Å². The highest BCUT2D eigenvalue weighted by Crippen LogP contribution is 2.16. The summed E-state index contributed by atoms with van der Waals surface area (Å²) in [6.45, 7) is 2.01. The number of anilines is 1. The Kier molecular flexibility index (Phi) is 7.14. The van der Waals surface area contributed by atoms with E-state index in [0.717, 1.165) is 15.0 Å². The van der Waals surface area contributed by atoms with E-state index in [1.807, 2.05) is 43.3 Å². The summed E-state index contributed by atoms with van der Waals surface area (Å²) in [4.78, 5) is 25.7. The number of nitrogens with zero attached hydrogens (tertiary/aromatic N) is 1. The Morgan fingerprint density at radius 2 is 2.00 bits per heavy atom. The fourth-order valence-electron chi connectivity index (χ4n) is 1.95. The SMILES string of the molecule is Cc1ccc(/C=N\NC(=O)CCCC(=O)Nc2cccc(Br)c2)s1. The minimum absolute atomic E-state index is 0.113. The number of halogens is 1. The molecule has 24 heavy (non-hydrogen) atoms. The summed E-state index contributed by atoms with van der Waals surface area (Å²) in [5.41, 5.74) is 3.20. The smallest absolute Gasteiger partial charge is 0.240 e. The van der Waals surface area contributed by atoms with Crippen LogP contribution in [0.3, 0.4) is 0 Å². The van der Waals surface area contributed by atoms with Crippen molar-refractivity contribution >= 4 is 51.0 Å². The number of rotatable bonds is 7. The number of carbonyl (C=O) groups excluding carboxylic acids is 2. The maximum absolute atomic E-state index is 11.8. The summed E-state index contributed by atoms with van der Waals surface area (Å²) in [6, 6.07) is 11.3. The van der Waals surface area contributed by atoms with Crippen molar-refractivity contribution < 1.29 is 9.59 Å². The fraction of sp³-hybridized carbons (Fsp3) is 0.235. The van der Waals surface area contributed by atoms with Crippen LogP contribution in [0.25, 0.3) is 0 Å². The normalized spacial score (nSPS) is 10.8. The molecular weight excluding hydrogens is 390 g/mol. The molecule has 5 nitrogen and oxygen atoms in total. The average molecular weight is 408 g/mol. The number of hydrogen-bond donors (Lipinski definition) is 2. The van der Waals surface area contributed by atoms with E-state index in [1.165, 1.54) is 4.88 Å². The molecule has 2 N–H and O–H groups in total. The minimum atomic E-state index is -0.199. The van der Waals surface area contributed by atoms with E-state index in [0.29, 0.717) is 6.42 Å². The second-order valence-corrected chi connectivity index (χ2v) is 7.39. The van der Waals surface area contributed by atoms with Gasteiger partial charge < -0.3 is 5.32 Å². The highest BCUT2D eigenvalue weighted by Gasteiger charge is 2.05. The highest BCUT2D eigenvalue weighted by molar-refractivity contribution is 9.10. The lowest BCUT2D eigenvalue weighted by Crippen LogP contribution is -2.18. The van der Waals surface area contributed by atoms with E-state index in [-0.39, 0.29) is 24.7 Å². The summed E-state index contributed by atoms with van der Waals surface area (Å²) in [5.74, 6) is -0.312. The zero-order chi connectivity index (χ0) is 17.4. The van der Waals surface area contributed by atoms with Gasteiger partial charge in [-0.1, -0.05) is 22.0 Å². The van der Waals surface area contributed by atoms with Crippen LogP contribution in [0, 0.1) is 6.92 Å². The van der Waals surface area contributed by atoms with Gasteiger partial charge in [0.05, 0.1) is 6.21 Å². The molecule has 2 amide bonds. The molecule has 0 aliphatic rings. The van der Waals surface area contributed by atoms with E-state index in [2.05, 4.69) is 31.8 Å². The highest BCUT2D eigenvalue weighted by atomic mass is 79.9. The third-order valence-corrected chi connectivity index (χ3v) is 4.49. The number of benzene rings is 1. The molecule has 0 aliphatic carbocycles. The third-order valence-electron chi connectivity index (χ3n) is 3.06. The molecule has 0 radical (unpaired) electrons. The molecule has 2 aromatic rings. The first kappa shape index (κ1) is 18.4. The Bertz CT molecular complexity index is 743. The van der Waals surface area contributed by atoms with Crippen molar-refractivity contribution in [3.8, 4) is 0 Å². The fourth-order valence-corrected chi connectivity index (χ4v) is 3.09. The molecule has 0 saturated heterocycles. The van der Waals surface area contributed by atoms with Gasteiger partial charge in [0.15, 0.2) is 0 Å². The van der Waals surface area contributed by atoms with Gasteiger partial charge in [0.2, 0.25) is 11.8 Å². The zero-order valence-electron chi connectivity index (χ0n) is 13.2. The molecule has 0 bridgehead atoms. The van der Waals surface area contributed by atoms with E-state index >= 15 is 0 Å². The molecule has 7 heteroatoms.